The Bertz CT molecular complexity index is 1620. The SMILES string of the molecule is COc1ccc(NC(=O)c2cnn3c2N=C(c2c(O)cc(C)oc2=O)C[C@H]3c2ccc(O)c(OC)c2)cc1. The molecule has 0 fully saturated rings. The quantitative estimate of drug-likeness (QED) is 0.349. The maximum atomic E-state index is 13.3. The number of rotatable bonds is 6. The summed E-state index contributed by atoms with van der Waals surface area (Å²) in [7, 11) is 2.98. The number of nitrogens with one attached hydrogen (secondary N) is 1. The molecule has 1 amide bonds. The summed E-state index contributed by atoms with van der Waals surface area (Å²) in [6, 6.07) is 12.4. The molecule has 0 aliphatic carbocycles. The molecule has 0 unspecified atom stereocenters. The summed E-state index contributed by atoms with van der Waals surface area (Å²) in [5.74, 6) is 0.531. The molecule has 2 aromatic carbocycles. The molecule has 5 rings (SSSR count). The van der Waals surface area contributed by atoms with Gasteiger partial charge in [-0.1, -0.05) is 6.07 Å². The minimum atomic E-state index is -0.750. The molecule has 1 aliphatic rings. The number of nitrogens with zero attached hydrogens (tertiary/aromatic N) is 3. The number of amides is 1. The fourth-order valence-corrected chi connectivity index (χ4v) is 4.35. The van der Waals surface area contributed by atoms with Crippen molar-refractivity contribution in [2.24, 2.45) is 4.99 Å². The maximum Gasteiger partial charge on any atom is 0.348 e. The molecule has 4 aromatic rings. The highest BCUT2D eigenvalue weighted by Crippen LogP contribution is 2.39. The standard InChI is InChI=1S/C27H24N4O7/c1-14-10-22(33)24(27(35)38-14)19-12-20(15-4-9-21(32)23(11-15)37-3)31-25(30-19)18(13-28-31)26(34)29-16-5-7-17(36-2)8-6-16/h4-11,13,20,32-33H,12H2,1-3H3,(H,29,34)/t20-/m0/s1. The number of hydrogen-bond donors (Lipinski definition) is 3. The van der Waals surface area contributed by atoms with Crippen molar-refractivity contribution in [3.05, 3.63) is 87.6 Å². The van der Waals surface area contributed by atoms with Gasteiger partial charge < -0.3 is 29.4 Å². The lowest BCUT2D eigenvalue weighted by atomic mass is 9.95. The number of phenolic OH excluding ortho intramolecular Hbond substituents is 1. The molecule has 2 aromatic heterocycles. The molecular weight excluding hydrogens is 492 g/mol. The normalized spacial score (nSPS) is 14.4. The van der Waals surface area contributed by atoms with Crippen molar-refractivity contribution in [3.8, 4) is 23.0 Å². The van der Waals surface area contributed by atoms with Gasteiger partial charge in [0.2, 0.25) is 0 Å². The Balaban J connectivity index is 1.62. The van der Waals surface area contributed by atoms with Crippen molar-refractivity contribution in [2.75, 3.05) is 19.5 Å². The lowest BCUT2D eigenvalue weighted by Gasteiger charge is -2.25. The number of benzene rings is 2. The molecule has 3 N–H and O–H groups in total. The van der Waals surface area contributed by atoms with Gasteiger partial charge in [-0.15, -0.1) is 0 Å². The summed E-state index contributed by atoms with van der Waals surface area (Å²) in [5.41, 5.74) is 0.743. The van der Waals surface area contributed by atoms with E-state index in [9.17, 15) is 19.8 Å². The lowest BCUT2D eigenvalue weighted by molar-refractivity contribution is 0.102. The van der Waals surface area contributed by atoms with Gasteiger partial charge in [-0.05, 0) is 48.9 Å². The number of carbonyl (C=O) groups is 1. The second-order valence-corrected chi connectivity index (χ2v) is 8.62. The number of aromatic nitrogens is 2. The third-order valence-corrected chi connectivity index (χ3v) is 6.22. The number of carbonyl (C=O) groups excluding carboxylic acids is 1. The van der Waals surface area contributed by atoms with Crippen LogP contribution in [0.15, 0.2) is 68.9 Å². The van der Waals surface area contributed by atoms with E-state index in [-0.39, 0.29) is 52.1 Å². The zero-order chi connectivity index (χ0) is 27.0. The first-order valence-corrected chi connectivity index (χ1v) is 11.6. The van der Waals surface area contributed by atoms with E-state index >= 15 is 0 Å². The highest BCUT2D eigenvalue weighted by molar-refractivity contribution is 6.10. The summed E-state index contributed by atoms with van der Waals surface area (Å²) in [4.78, 5) is 30.6. The van der Waals surface area contributed by atoms with Crippen LogP contribution in [0.5, 0.6) is 23.0 Å². The van der Waals surface area contributed by atoms with Crippen LogP contribution in [0.2, 0.25) is 0 Å². The van der Waals surface area contributed by atoms with E-state index in [0.717, 1.165) is 0 Å². The van der Waals surface area contributed by atoms with Gasteiger partial charge in [-0.3, -0.25) is 4.79 Å². The average molecular weight is 517 g/mol. The maximum absolute atomic E-state index is 13.3. The molecule has 11 nitrogen and oxygen atoms in total. The van der Waals surface area contributed by atoms with Gasteiger partial charge in [0.05, 0.1) is 32.2 Å². The van der Waals surface area contributed by atoms with Crippen LogP contribution in [0.25, 0.3) is 0 Å². The fraction of sp³-hybridized carbons (Fsp3) is 0.185. The van der Waals surface area contributed by atoms with E-state index < -0.39 is 17.6 Å². The van der Waals surface area contributed by atoms with Gasteiger partial charge in [0.25, 0.3) is 5.91 Å². The zero-order valence-corrected chi connectivity index (χ0v) is 20.8. The van der Waals surface area contributed by atoms with Crippen molar-refractivity contribution in [3.63, 3.8) is 0 Å². The highest BCUT2D eigenvalue weighted by Gasteiger charge is 2.32. The number of ether oxygens (including phenoxy) is 2. The van der Waals surface area contributed by atoms with Crippen LogP contribution in [0, 0.1) is 6.92 Å². The predicted molar refractivity (Wildman–Crippen MR) is 138 cm³/mol. The van der Waals surface area contributed by atoms with Gasteiger partial charge >= 0.3 is 5.63 Å². The summed E-state index contributed by atoms with van der Waals surface area (Å²) in [6.45, 7) is 1.55. The van der Waals surface area contributed by atoms with Crippen LogP contribution in [-0.4, -0.2) is 45.8 Å². The number of aryl methyl sites for hydroxylation is 1. The first-order chi connectivity index (χ1) is 18.3. The highest BCUT2D eigenvalue weighted by atomic mass is 16.5. The zero-order valence-electron chi connectivity index (χ0n) is 20.8. The fourth-order valence-electron chi connectivity index (χ4n) is 4.35. The van der Waals surface area contributed by atoms with Crippen LogP contribution in [0.4, 0.5) is 11.5 Å². The first kappa shape index (κ1) is 24.6. The molecular formula is C27H24N4O7. The van der Waals surface area contributed by atoms with Crippen LogP contribution in [0.1, 0.15) is 39.7 Å². The molecule has 11 heteroatoms. The van der Waals surface area contributed by atoms with E-state index in [4.69, 9.17) is 13.9 Å². The van der Waals surface area contributed by atoms with Crippen molar-refractivity contribution in [1.29, 1.82) is 0 Å². The van der Waals surface area contributed by atoms with Crippen molar-refractivity contribution in [1.82, 2.24) is 9.78 Å². The van der Waals surface area contributed by atoms with E-state index in [2.05, 4.69) is 15.4 Å². The van der Waals surface area contributed by atoms with E-state index in [1.165, 1.54) is 25.4 Å². The third-order valence-electron chi connectivity index (χ3n) is 6.22. The molecule has 0 radical (unpaired) electrons. The number of anilines is 1. The molecule has 0 saturated carbocycles. The first-order valence-electron chi connectivity index (χ1n) is 11.6. The van der Waals surface area contributed by atoms with Crippen LogP contribution in [-0.2, 0) is 0 Å². The Hall–Kier alpha value is -5.06. The second kappa shape index (κ2) is 9.77. The number of aromatic hydroxyl groups is 2. The van der Waals surface area contributed by atoms with Gasteiger partial charge in [0.1, 0.15) is 28.4 Å². The topological polar surface area (TPSA) is 148 Å². The lowest BCUT2D eigenvalue weighted by Crippen LogP contribution is -2.25. The number of methoxy groups -OCH3 is 2. The molecule has 3 heterocycles. The summed E-state index contributed by atoms with van der Waals surface area (Å²) >= 11 is 0. The van der Waals surface area contributed by atoms with E-state index in [1.54, 1.807) is 55.1 Å². The average Bonchev–Trinajstić information content (AvgIpc) is 3.33. The molecule has 194 valence electrons. The third kappa shape index (κ3) is 4.45. The van der Waals surface area contributed by atoms with Gasteiger partial charge in [0, 0.05) is 18.2 Å². The molecule has 0 saturated heterocycles. The smallest absolute Gasteiger partial charge is 0.348 e. The number of phenols is 1. The Kier molecular flexibility index (Phi) is 6.33. The van der Waals surface area contributed by atoms with Crippen LogP contribution < -0.4 is 20.4 Å². The predicted octanol–water partition coefficient (Wildman–Crippen LogP) is 3.94. The molecule has 38 heavy (non-hydrogen) atoms. The molecule has 1 aliphatic heterocycles. The van der Waals surface area contributed by atoms with Gasteiger partial charge in [-0.2, -0.15) is 5.10 Å². The molecule has 1 atom stereocenters. The molecule has 0 bridgehead atoms. The number of hydrogen-bond acceptors (Lipinski definition) is 9. The Morgan fingerprint density at radius 1 is 1.08 bits per heavy atom. The van der Waals surface area contributed by atoms with E-state index in [0.29, 0.717) is 17.0 Å². The van der Waals surface area contributed by atoms with E-state index in [1.807, 2.05) is 0 Å². The summed E-state index contributed by atoms with van der Waals surface area (Å²) in [5, 5.41) is 27.9. The van der Waals surface area contributed by atoms with Gasteiger partial charge in [-0.25, -0.2) is 14.5 Å². The number of fused-ring (bicyclic) bond motifs is 1. The summed E-state index contributed by atoms with van der Waals surface area (Å²) in [6.07, 6.45) is 1.53. The van der Waals surface area contributed by atoms with Gasteiger partial charge in [0.15, 0.2) is 17.3 Å². The second-order valence-electron chi connectivity index (χ2n) is 8.62. The monoisotopic (exact) mass is 516 g/mol. The largest absolute Gasteiger partial charge is 0.507 e. The van der Waals surface area contributed by atoms with Crippen LogP contribution in [0.3, 0.4) is 0 Å². The Labute approximate surface area is 216 Å². The van der Waals surface area contributed by atoms with Crippen molar-refractivity contribution >= 4 is 23.1 Å². The summed E-state index contributed by atoms with van der Waals surface area (Å²) < 4.78 is 17.2. The minimum absolute atomic E-state index is 0.0435. The minimum Gasteiger partial charge on any atom is -0.507 e. The van der Waals surface area contributed by atoms with Crippen LogP contribution >= 0.6 is 0 Å². The van der Waals surface area contributed by atoms with Crippen molar-refractivity contribution in [2.45, 2.75) is 19.4 Å². The van der Waals surface area contributed by atoms with Crippen molar-refractivity contribution < 1.29 is 28.9 Å². The molecule has 0 spiro atoms. The Morgan fingerprint density at radius 2 is 1.84 bits per heavy atom. The Morgan fingerprint density at radius 3 is 2.53 bits per heavy atom. The number of aliphatic imine (C=N–C) groups is 1.